The summed E-state index contributed by atoms with van der Waals surface area (Å²) in [6.07, 6.45) is -1.01. The molecule has 2 heterocycles. The van der Waals surface area contributed by atoms with E-state index in [1.165, 1.54) is 0 Å². The number of amides is 2. The topological polar surface area (TPSA) is 112 Å². The monoisotopic (exact) mass is 465 g/mol. The first-order valence-corrected chi connectivity index (χ1v) is 10.6. The van der Waals surface area contributed by atoms with Gasteiger partial charge in [-0.3, -0.25) is 14.9 Å². The van der Waals surface area contributed by atoms with E-state index < -0.39 is 24.1 Å². The van der Waals surface area contributed by atoms with Gasteiger partial charge in [-0.15, -0.1) is 0 Å². The third-order valence-electron chi connectivity index (χ3n) is 5.54. The van der Waals surface area contributed by atoms with E-state index in [1.54, 1.807) is 48.5 Å². The van der Waals surface area contributed by atoms with Gasteiger partial charge >= 0.3 is 0 Å². The Balaban J connectivity index is 1.56. The molecule has 3 aromatic carbocycles. The molecule has 9 heteroatoms. The van der Waals surface area contributed by atoms with E-state index in [9.17, 15) is 9.59 Å². The van der Waals surface area contributed by atoms with Crippen LogP contribution < -0.4 is 30.6 Å². The Labute approximate surface area is 194 Å². The van der Waals surface area contributed by atoms with E-state index in [1.807, 2.05) is 18.2 Å². The van der Waals surface area contributed by atoms with Crippen molar-refractivity contribution in [1.82, 2.24) is 5.32 Å². The minimum Gasteiger partial charge on any atom is -0.479 e. The van der Waals surface area contributed by atoms with Crippen LogP contribution in [0.3, 0.4) is 0 Å². The van der Waals surface area contributed by atoms with Gasteiger partial charge in [0.1, 0.15) is 11.8 Å². The largest absolute Gasteiger partial charge is 0.479 e. The molecule has 33 heavy (non-hydrogen) atoms. The Hall–Kier alpha value is -3.75. The number of hydrogen-bond acceptors (Lipinski definition) is 6. The number of anilines is 1. The predicted octanol–water partition coefficient (Wildman–Crippen LogP) is 3.33. The molecule has 0 saturated heterocycles. The van der Waals surface area contributed by atoms with Gasteiger partial charge in [-0.05, 0) is 35.9 Å². The lowest BCUT2D eigenvalue weighted by Gasteiger charge is -2.35. The molecule has 168 valence electrons. The first-order chi connectivity index (χ1) is 16.0. The summed E-state index contributed by atoms with van der Waals surface area (Å²) in [5.74, 6) is 0.548. The van der Waals surface area contributed by atoms with Gasteiger partial charge in [-0.2, -0.15) is 0 Å². The Bertz CT molecular complexity index is 1200. The van der Waals surface area contributed by atoms with E-state index in [2.05, 4.69) is 10.6 Å². The van der Waals surface area contributed by atoms with Crippen LogP contribution in [0.5, 0.6) is 17.2 Å². The Kier molecular flexibility index (Phi) is 5.53. The number of fused-ring (bicyclic) bond motifs is 2. The molecule has 5 rings (SSSR count). The Morgan fingerprint density at radius 3 is 2.48 bits per heavy atom. The normalized spacial score (nSPS) is 19.4. The second-order valence-electron chi connectivity index (χ2n) is 7.66. The molecular weight excluding hydrogens is 446 g/mol. The molecule has 3 atom stereocenters. The van der Waals surface area contributed by atoms with Crippen molar-refractivity contribution in [3.8, 4) is 17.2 Å². The highest BCUT2D eigenvalue weighted by Crippen LogP contribution is 2.43. The van der Waals surface area contributed by atoms with Crippen molar-refractivity contribution in [2.45, 2.75) is 18.2 Å². The number of ether oxygens (including phenoxy) is 3. The molecule has 0 spiro atoms. The zero-order valence-corrected chi connectivity index (χ0v) is 18.0. The number of benzene rings is 3. The first kappa shape index (κ1) is 21.1. The lowest BCUT2D eigenvalue weighted by atomic mass is 9.92. The molecule has 3 aromatic rings. The number of primary amides is 1. The van der Waals surface area contributed by atoms with Crippen LogP contribution >= 0.6 is 11.6 Å². The van der Waals surface area contributed by atoms with Crippen LogP contribution in [-0.4, -0.2) is 24.7 Å². The van der Waals surface area contributed by atoms with Gasteiger partial charge in [0.25, 0.3) is 5.91 Å². The van der Waals surface area contributed by atoms with E-state index in [-0.39, 0.29) is 12.7 Å². The molecule has 2 aliphatic rings. The highest BCUT2D eigenvalue weighted by molar-refractivity contribution is 6.30. The highest BCUT2D eigenvalue weighted by atomic mass is 35.5. The second-order valence-corrected chi connectivity index (χ2v) is 8.10. The highest BCUT2D eigenvalue weighted by Gasteiger charge is 2.41. The van der Waals surface area contributed by atoms with E-state index in [0.717, 1.165) is 0 Å². The number of nitrogens with two attached hydrogens (primary N) is 1. The Morgan fingerprint density at radius 1 is 1.09 bits per heavy atom. The summed E-state index contributed by atoms with van der Waals surface area (Å²) in [6, 6.07) is 17.6. The maximum absolute atomic E-state index is 13.1. The molecule has 4 N–H and O–H groups in total. The van der Waals surface area contributed by atoms with E-state index in [4.69, 9.17) is 31.5 Å². The molecule has 0 radical (unpaired) electrons. The quantitative estimate of drug-likeness (QED) is 0.515. The van der Waals surface area contributed by atoms with Gasteiger partial charge in [-0.25, -0.2) is 0 Å². The third kappa shape index (κ3) is 4.18. The van der Waals surface area contributed by atoms with Crippen molar-refractivity contribution in [1.29, 1.82) is 0 Å². The zero-order valence-electron chi connectivity index (χ0n) is 17.3. The minimum absolute atomic E-state index is 0.0862. The molecule has 8 nitrogen and oxygen atoms in total. The molecule has 2 aliphatic heterocycles. The predicted molar refractivity (Wildman–Crippen MR) is 121 cm³/mol. The number of nitrogens with one attached hydrogen (secondary N) is 2. The van der Waals surface area contributed by atoms with Gasteiger partial charge in [0.05, 0.1) is 6.04 Å². The molecule has 0 saturated carbocycles. The first-order valence-electron chi connectivity index (χ1n) is 10.3. The number of halogens is 1. The zero-order chi connectivity index (χ0) is 22.9. The summed E-state index contributed by atoms with van der Waals surface area (Å²) in [5.41, 5.74) is 7.63. The number of carbonyl (C=O) groups excluding carboxylic acids is 2. The molecule has 0 aliphatic carbocycles. The van der Waals surface area contributed by atoms with Crippen LogP contribution in [0.2, 0.25) is 5.02 Å². The van der Waals surface area contributed by atoms with Gasteiger partial charge in [0, 0.05) is 22.3 Å². The third-order valence-corrected chi connectivity index (χ3v) is 5.79. The van der Waals surface area contributed by atoms with Gasteiger partial charge in [0.2, 0.25) is 12.7 Å². The van der Waals surface area contributed by atoms with Crippen LogP contribution in [0, 0.1) is 0 Å². The fourth-order valence-corrected chi connectivity index (χ4v) is 4.09. The number of hydrogen-bond donors (Lipinski definition) is 3. The summed E-state index contributed by atoms with van der Waals surface area (Å²) in [7, 11) is 0. The van der Waals surface area contributed by atoms with Crippen molar-refractivity contribution in [2.75, 3.05) is 12.1 Å². The van der Waals surface area contributed by atoms with Crippen molar-refractivity contribution >= 4 is 29.1 Å². The van der Waals surface area contributed by atoms with Crippen LogP contribution in [0.15, 0.2) is 66.7 Å². The summed E-state index contributed by atoms with van der Waals surface area (Å²) in [4.78, 5) is 25.6. The maximum atomic E-state index is 13.1. The standard InChI is InChI=1S/C24H20ClN3O5/c25-14-6-8-15(9-7-14)33-22-21(28-20(23(26)29)13-4-2-1-3-5-13)16-10-18-19(32-12-31-18)11-17(16)27-24(22)30/h1-11,20-22,28H,12H2,(H2,26,29)(H,27,30)/t20-,21-,22+/m0/s1. The van der Waals surface area contributed by atoms with Crippen LogP contribution in [0.1, 0.15) is 23.2 Å². The Morgan fingerprint density at radius 2 is 1.79 bits per heavy atom. The van der Waals surface area contributed by atoms with Gasteiger partial charge in [-0.1, -0.05) is 41.9 Å². The average molecular weight is 466 g/mol. The average Bonchev–Trinajstić information content (AvgIpc) is 3.27. The fraction of sp³-hybridized carbons (Fsp3) is 0.167. The summed E-state index contributed by atoms with van der Waals surface area (Å²) in [6.45, 7) is 0.0862. The number of rotatable bonds is 6. The van der Waals surface area contributed by atoms with Crippen molar-refractivity contribution in [3.05, 3.63) is 82.9 Å². The fourth-order valence-electron chi connectivity index (χ4n) is 3.97. The van der Waals surface area contributed by atoms with Crippen molar-refractivity contribution in [3.63, 3.8) is 0 Å². The van der Waals surface area contributed by atoms with E-state index >= 15 is 0 Å². The minimum atomic E-state index is -1.01. The van der Waals surface area contributed by atoms with Gasteiger partial charge < -0.3 is 25.3 Å². The molecule has 0 aromatic heterocycles. The second kappa shape index (κ2) is 8.65. The van der Waals surface area contributed by atoms with Crippen molar-refractivity contribution < 1.29 is 23.8 Å². The lowest BCUT2D eigenvalue weighted by Crippen LogP contribution is -2.50. The van der Waals surface area contributed by atoms with E-state index in [0.29, 0.717) is 39.1 Å². The van der Waals surface area contributed by atoms with Crippen LogP contribution in [-0.2, 0) is 9.59 Å². The smallest absolute Gasteiger partial charge is 0.267 e. The SMILES string of the molecule is NC(=O)[C@@H](N[C@H]1c2cc3c(cc2NC(=O)[C@@H]1Oc1ccc(Cl)cc1)OCO3)c1ccccc1. The summed E-state index contributed by atoms with van der Waals surface area (Å²) < 4.78 is 17.0. The number of carbonyl (C=O) groups is 2. The molecule has 0 bridgehead atoms. The van der Waals surface area contributed by atoms with Crippen molar-refractivity contribution in [2.24, 2.45) is 5.73 Å². The molecule has 0 fully saturated rings. The molecular formula is C24H20ClN3O5. The molecule has 2 amide bonds. The van der Waals surface area contributed by atoms with Gasteiger partial charge in [0.15, 0.2) is 17.6 Å². The van der Waals surface area contributed by atoms with Crippen LogP contribution in [0.25, 0.3) is 0 Å². The maximum Gasteiger partial charge on any atom is 0.267 e. The summed E-state index contributed by atoms with van der Waals surface area (Å²) >= 11 is 5.98. The lowest BCUT2D eigenvalue weighted by molar-refractivity contribution is -0.126. The summed E-state index contributed by atoms with van der Waals surface area (Å²) in [5, 5.41) is 6.65. The van der Waals surface area contributed by atoms with Crippen LogP contribution in [0.4, 0.5) is 5.69 Å². The molecule has 0 unspecified atom stereocenters.